The van der Waals surface area contributed by atoms with Gasteiger partial charge >= 0.3 is 6.09 Å². The molecular formula is C32H49NO6. The molecule has 0 aromatic heterocycles. The van der Waals surface area contributed by atoms with Crippen molar-refractivity contribution in [3.8, 4) is 11.5 Å². The van der Waals surface area contributed by atoms with Gasteiger partial charge in [0, 0.05) is 30.6 Å². The largest absolute Gasteiger partial charge is 0.490 e. The van der Waals surface area contributed by atoms with Gasteiger partial charge in [-0.05, 0) is 105 Å². The highest BCUT2D eigenvalue weighted by Gasteiger charge is 2.54. The zero-order valence-electron chi connectivity index (χ0n) is 25.3. The van der Waals surface area contributed by atoms with Crippen molar-refractivity contribution in [1.29, 1.82) is 0 Å². The number of hydrogen-bond donors (Lipinski definition) is 1. The SMILES string of the molecule is CC(C)=CCC[C@@]1(C)Oc2cc(OCC(C)(C)O)ccc2[C@H]2OCC3(CCN(C(=O)OC(C)(C)C)CC3)C[C@@H]21. The van der Waals surface area contributed by atoms with Crippen LogP contribution in [0.15, 0.2) is 29.8 Å². The Morgan fingerprint density at radius 1 is 1.18 bits per heavy atom. The maximum Gasteiger partial charge on any atom is 0.410 e. The van der Waals surface area contributed by atoms with E-state index in [1.54, 1.807) is 13.8 Å². The highest BCUT2D eigenvalue weighted by atomic mass is 16.6. The number of carbonyl (C=O) groups excluding carboxylic acids is 1. The van der Waals surface area contributed by atoms with Gasteiger partial charge in [-0.15, -0.1) is 0 Å². The first-order valence-corrected chi connectivity index (χ1v) is 14.5. The van der Waals surface area contributed by atoms with Crippen LogP contribution in [-0.2, 0) is 9.47 Å². The molecule has 1 N–H and O–H groups in total. The fraction of sp³-hybridized carbons (Fsp3) is 0.719. The number of hydrogen-bond acceptors (Lipinski definition) is 6. The molecule has 1 spiro atoms. The molecule has 0 bridgehead atoms. The van der Waals surface area contributed by atoms with Crippen molar-refractivity contribution in [1.82, 2.24) is 4.90 Å². The van der Waals surface area contributed by atoms with Crippen LogP contribution in [0.5, 0.6) is 11.5 Å². The van der Waals surface area contributed by atoms with E-state index >= 15 is 0 Å². The van der Waals surface area contributed by atoms with Crippen molar-refractivity contribution in [2.24, 2.45) is 11.3 Å². The van der Waals surface area contributed by atoms with E-state index in [-0.39, 0.29) is 30.1 Å². The third-order valence-corrected chi connectivity index (χ3v) is 8.27. The fourth-order valence-corrected chi connectivity index (χ4v) is 6.09. The van der Waals surface area contributed by atoms with Crippen LogP contribution in [0.2, 0.25) is 0 Å². The lowest BCUT2D eigenvalue weighted by Crippen LogP contribution is -2.56. The molecule has 0 unspecified atom stereocenters. The average Bonchev–Trinajstić information content (AvgIpc) is 2.81. The molecule has 39 heavy (non-hydrogen) atoms. The van der Waals surface area contributed by atoms with Crippen molar-refractivity contribution in [3.05, 3.63) is 35.4 Å². The number of ether oxygens (including phenoxy) is 4. The third kappa shape index (κ3) is 7.29. The van der Waals surface area contributed by atoms with Crippen LogP contribution in [0, 0.1) is 11.3 Å². The molecule has 1 aromatic carbocycles. The molecule has 7 nitrogen and oxygen atoms in total. The number of aliphatic hydroxyl groups is 1. The van der Waals surface area contributed by atoms with E-state index < -0.39 is 16.8 Å². The van der Waals surface area contributed by atoms with Crippen molar-refractivity contribution in [2.45, 2.75) is 110 Å². The predicted octanol–water partition coefficient (Wildman–Crippen LogP) is 6.83. The molecular weight excluding hydrogens is 494 g/mol. The first kappa shape index (κ1) is 29.7. The van der Waals surface area contributed by atoms with E-state index in [1.165, 1.54) is 5.57 Å². The summed E-state index contributed by atoms with van der Waals surface area (Å²) in [6.07, 6.45) is 6.62. The molecule has 3 aliphatic rings. The molecule has 2 fully saturated rings. The quantitative estimate of drug-likeness (QED) is 0.396. The van der Waals surface area contributed by atoms with Crippen LogP contribution in [0.3, 0.4) is 0 Å². The van der Waals surface area contributed by atoms with Crippen molar-refractivity contribution in [3.63, 3.8) is 0 Å². The minimum Gasteiger partial charge on any atom is -0.490 e. The molecule has 2 saturated heterocycles. The predicted molar refractivity (Wildman–Crippen MR) is 152 cm³/mol. The van der Waals surface area contributed by atoms with Gasteiger partial charge in [0.2, 0.25) is 0 Å². The molecule has 0 saturated carbocycles. The van der Waals surface area contributed by atoms with Gasteiger partial charge in [-0.25, -0.2) is 4.79 Å². The minimum absolute atomic E-state index is 0.0219. The summed E-state index contributed by atoms with van der Waals surface area (Å²) in [6.45, 7) is 17.9. The maximum absolute atomic E-state index is 12.7. The van der Waals surface area contributed by atoms with Gasteiger partial charge in [-0.1, -0.05) is 11.6 Å². The number of amides is 1. The molecule has 0 aliphatic carbocycles. The van der Waals surface area contributed by atoms with Crippen molar-refractivity contribution < 1.29 is 28.8 Å². The number of fused-ring (bicyclic) bond motifs is 3. The summed E-state index contributed by atoms with van der Waals surface area (Å²) in [7, 11) is 0. The van der Waals surface area contributed by atoms with E-state index in [4.69, 9.17) is 18.9 Å². The van der Waals surface area contributed by atoms with Gasteiger partial charge in [0.1, 0.15) is 29.3 Å². The zero-order valence-corrected chi connectivity index (χ0v) is 25.3. The Kier molecular flexibility index (Phi) is 8.36. The van der Waals surface area contributed by atoms with Gasteiger partial charge in [0.15, 0.2) is 0 Å². The first-order chi connectivity index (χ1) is 18.1. The van der Waals surface area contributed by atoms with Gasteiger partial charge in [0.05, 0.1) is 18.3 Å². The molecule has 3 aliphatic heterocycles. The fourth-order valence-electron chi connectivity index (χ4n) is 6.09. The Bertz CT molecular complexity index is 1060. The lowest BCUT2D eigenvalue weighted by molar-refractivity contribution is -0.179. The van der Waals surface area contributed by atoms with E-state index in [0.29, 0.717) is 25.4 Å². The molecule has 3 atom stereocenters. The van der Waals surface area contributed by atoms with Crippen molar-refractivity contribution >= 4 is 6.09 Å². The van der Waals surface area contributed by atoms with Gasteiger partial charge in [-0.3, -0.25) is 0 Å². The first-order valence-electron chi connectivity index (χ1n) is 14.5. The summed E-state index contributed by atoms with van der Waals surface area (Å²) >= 11 is 0. The molecule has 1 amide bonds. The van der Waals surface area contributed by atoms with Gasteiger partial charge in [-0.2, -0.15) is 0 Å². The second-order valence-corrected chi connectivity index (χ2v) is 14.0. The molecule has 3 heterocycles. The van der Waals surface area contributed by atoms with E-state index in [2.05, 4.69) is 32.9 Å². The standard InChI is InChI=1S/C32H49NO6/c1-22(2)10-9-13-31(8)25-19-32(14-16-33(17-15-32)28(34)39-29(3,4)5)21-37-27(25)24-12-11-23(18-26(24)38-31)36-20-30(6,7)35/h10-12,18,25,27,35H,9,13-17,19-21H2,1-8H3/t25-,27+,31+/m0/s1. The Morgan fingerprint density at radius 2 is 1.87 bits per heavy atom. The Hall–Kier alpha value is -2.25. The summed E-state index contributed by atoms with van der Waals surface area (Å²) in [5.41, 5.74) is 0.575. The van der Waals surface area contributed by atoms with Crippen LogP contribution >= 0.6 is 0 Å². The highest BCUT2D eigenvalue weighted by molar-refractivity contribution is 5.68. The molecule has 0 radical (unpaired) electrons. The summed E-state index contributed by atoms with van der Waals surface area (Å²) in [5, 5.41) is 10.1. The Labute approximate surface area is 234 Å². The summed E-state index contributed by atoms with van der Waals surface area (Å²) in [4.78, 5) is 14.5. The Balaban J connectivity index is 1.54. The number of rotatable bonds is 6. The number of nitrogens with zero attached hydrogens (tertiary/aromatic N) is 1. The zero-order chi connectivity index (χ0) is 28.6. The van der Waals surface area contributed by atoms with E-state index in [0.717, 1.165) is 43.4 Å². The number of carbonyl (C=O) groups is 1. The number of likely N-dealkylation sites (tertiary alicyclic amines) is 1. The van der Waals surface area contributed by atoms with Gasteiger partial charge in [0.25, 0.3) is 0 Å². The van der Waals surface area contributed by atoms with Crippen LogP contribution in [0.1, 0.15) is 99.2 Å². The second kappa shape index (κ2) is 11.0. The molecule has 218 valence electrons. The maximum atomic E-state index is 12.7. The smallest absolute Gasteiger partial charge is 0.410 e. The minimum atomic E-state index is -0.916. The number of benzene rings is 1. The summed E-state index contributed by atoms with van der Waals surface area (Å²) < 4.78 is 25.1. The van der Waals surface area contributed by atoms with Crippen molar-refractivity contribution in [2.75, 3.05) is 26.3 Å². The van der Waals surface area contributed by atoms with Crippen LogP contribution in [-0.4, -0.2) is 59.2 Å². The highest BCUT2D eigenvalue weighted by Crippen LogP contribution is 2.57. The second-order valence-electron chi connectivity index (χ2n) is 14.0. The van der Waals surface area contributed by atoms with Crippen LogP contribution in [0.25, 0.3) is 0 Å². The normalized spacial score (nSPS) is 26.2. The van der Waals surface area contributed by atoms with Crippen LogP contribution in [0.4, 0.5) is 4.79 Å². The third-order valence-electron chi connectivity index (χ3n) is 8.27. The van der Waals surface area contributed by atoms with Gasteiger partial charge < -0.3 is 29.0 Å². The van der Waals surface area contributed by atoms with E-state index in [1.807, 2.05) is 37.8 Å². The lowest BCUT2D eigenvalue weighted by Gasteiger charge is -2.55. The monoisotopic (exact) mass is 543 g/mol. The topological polar surface area (TPSA) is 77.5 Å². The number of allylic oxidation sites excluding steroid dienone is 2. The lowest BCUT2D eigenvalue weighted by atomic mass is 9.63. The number of piperidine rings is 1. The summed E-state index contributed by atoms with van der Waals surface area (Å²) in [6, 6.07) is 5.96. The average molecular weight is 544 g/mol. The Morgan fingerprint density at radius 3 is 2.49 bits per heavy atom. The van der Waals surface area contributed by atoms with E-state index in [9.17, 15) is 9.90 Å². The molecule has 7 heteroatoms. The molecule has 1 aromatic rings. The van der Waals surface area contributed by atoms with Crippen LogP contribution < -0.4 is 9.47 Å². The summed E-state index contributed by atoms with van der Waals surface area (Å²) in [5.74, 6) is 1.68. The molecule has 4 rings (SSSR count).